The number of anilines is 2. The van der Waals surface area contributed by atoms with Gasteiger partial charge in [-0.1, -0.05) is 48.0 Å². The zero-order valence-electron chi connectivity index (χ0n) is 17.0. The zero-order chi connectivity index (χ0) is 21.4. The van der Waals surface area contributed by atoms with Gasteiger partial charge >= 0.3 is 0 Å². The van der Waals surface area contributed by atoms with Crippen molar-refractivity contribution in [3.8, 4) is 11.3 Å². The van der Waals surface area contributed by atoms with Crippen LogP contribution in [0.4, 0.5) is 11.8 Å². The summed E-state index contributed by atoms with van der Waals surface area (Å²) in [6.07, 6.45) is 5.56. The summed E-state index contributed by atoms with van der Waals surface area (Å²) in [5.41, 5.74) is 3.54. The molecule has 4 aromatic rings. The van der Waals surface area contributed by atoms with E-state index >= 15 is 0 Å². The van der Waals surface area contributed by atoms with Crippen molar-refractivity contribution in [3.05, 3.63) is 71.1 Å². The number of rotatable bonds is 4. The number of amides is 1. The molecule has 156 valence electrons. The van der Waals surface area contributed by atoms with E-state index in [1.807, 2.05) is 60.0 Å². The van der Waals surface area contributed by atoms with E-state index in [1.54, 1.807) is 0 Å². The van der Waals surface area contributed by atoms with E-state index < -0.39 is 5.91 Å². The van der Waals surface area contributed by atoms with E-state index in [0.717, 1.165) is 42.7 Å². The first-order valence-corrected chi connectivity index (χ1v) is 10.6. The summed E-state index contributed by atoms with van der Waals surface area (Å²) in [7, 11) is 0. The second kappa shape index (κ2) is 8.00. The maximum Gasteiger partial charge on any atom is 0.277 e. The maximum absolute atomic E-state index is 13.3. The summed E-state index contributed by atoms with van der Waals surface area (Å²) < 4.78 is 1.88. The average Bonchev–Trinajstić information content (AvgIpc) is 3.44. The Hall–Kier alpha value is -3.45. The van der Waals surface area contributed by atoms with Gasteiger partial charge < -0.3 is 10.2 Å². The van der Waals surface area contributed by atoms with Gasteiger partial charge in [-0.15, -0.1) is 0 Å². The number of carbonyl (C=O) groups is 1. The number of aryl methyl sites for hydroxylation is 1. The largest absolute Gasteiger partial charge is 0.341 e. The lowest BCUT2D eigenvalue weighted by molar-refractivity contribution is 0.102. The lowest BCUT2D eigenvalue weighted by Gasteiger charge is -2.16. The highest BCUT2D eigenvalue weighted by molar-refractivity contribution is 6.34. The van der Waals surface area contributed by atoms with Crippen LogP contribution >= 0.6 is 11.6 Å². The molecular formula is C23H21ClN6O. The third kappa shape index (κ3) is 3.61. The van der Waals surface area contributed by atoms with Crippen molar-refractivity contribution in [1.29, 1.82) is 0 Å². The number of hydrogen-bond donors (Lipinski definition) is 1. The Kier molecular flexibility index (Phi) is 5.03. The number of nitrogens with zero attached hydrogens (tertiary/aromatic N) is 5. The molecule has 1 N–H and O–H groups in total. The third-order valence-corrected chi connectivity index (χ3v) is 5.74. The Morgan fingerprint density at radius 1 is 1.06 bits per heavy atom. The van der Waals surface area contributed by atoms with Crippen molar-refractivity contribution in [1.82, 2.24) is 19.4 Å². The molecule has 31 heavy (non-hydrogen) atoms. The number of imidazole rings is 1. The number of hydrogen-bond acceptors (Lipinski definition) is 5. The molecule has 8 heteroatoms. The first kappa shape index (κ1) is 19.5. The standard InChI is InChI=1S/C23H21ClN6O/c1-15-8-7-13-30-20(15)26-18(16-9-3-2-4-10-16)21(30)28-22(31)19-17(24)14-25-23(27-19)29-11-5-6-12-29/h2-4,7-10,13-14H,5-6,11-12H2,1H3,(H,28,31). The van der Waals surface area contributed by atoms with Crippen molar-refractivity contribution in [2.24, 2.45) is 0 Å². The van der Waals surface area contributed by atoms with Crippen molar-refractivity contribution in [2.45, 2.75) is 19.8 Å². The lowest BCUT2D eigenvalue weighted by atomic mass is 10.1. The Labute approximate surface area is 184 Å². The van der Waals surface area contributed by atoms with Crippen molar-refractivity contribution in [3.63, 3.8) is 0 Å². The van der Waals surface area contributed by atoms with Crippen molar-refractivity contribution in [2.75, 3.05) is 23.3 Å². The van der Waals surface area contributed by atoms with Gasteiger partial charge in [-0.05, 0) is 31.4 Å². The summed E-state index contributed by atoms with van der Waals surface area (Å²) in [5, 5.41) is 3.22. The van der Waals surface area contributed by atoms with Crippen LogP contribution in [0.2, 0.25) is 5.02 Å². The maximum atomic E-state index is 13.3. The summed E-state index contributed by atoms with van der Waals surface area (Å²) >= 11 is 6.31. The molecule has 4 heterocycles. The van der Waals surface area contributed by atoms with E-state index in [1.165, 1.54) is 6.20 Å². The minimum Gasteiger partial charge on any atom is -0.341 e. The summed E-state index contributed by atoms with van der Waals surface area (Å²) in [4.78, 5) is 28.9. The van der Waals surface area contributed by atoms with E-state index in [-0.39, 0.29) is 10.7 Å². The van der Waals surface area contributed by atoms with E-state index in [4.69, 9.17) is 16.6 Å². The fourth-order valence-corrected chi connectivity index (χ4v) is 4.05. The topological polar surface area (TPSA) is 75.4 Å². The molecule has 1 aliphatic heterocycles. The fraction of sp³-hybridized carbons (Fsp3) is 0.217. The molecule has 5 rings (SSSR count). The van der Waals surface area contributed by atoms with Crippen LogP contribution in [0, 0.1) is 6.92 Å². The van der Waals surface area contributed by atoms with Gasteiger partial charge in [0.05, 0.1) is 11.2 Å². The van der Waals surface area contributed by atoms with Gasteiger partial charge in [0.25, 0.3) is 5.91 Å². The average molecular weight is 433 g/mol. The molecule has 0 atom stereocenters. The Morgan fingerprint density at radius 3 is 2.61 bits per heavy atom. The number of halogens is 1. The van der Waals surface area contributed by atoms with Gasteiger partial charge in [-0.3, -0.25) is 9.20 Å². The molecule has 0 saturated carbocycles. The number of benzene rings is 1. The molecule has 0 unspecified atom stereocenters. The Balaban J connectivity index is 1.57. The Morgan fingerprint density at radius 2 is 1.84 bits per heavy atom. The molecular weight excluding hydrogens is 412 g/mol. The van der Waals surface area contributed by atoms with E-state index in [0.29, 0.717) is 17.5 Å². The van der Waals surface area contributed by atoms with Crippen molar-refractivity contribution >= 4 is 34.9 Å². The molecule has 3 aromatic heterocycles. The first-order chi connectivity index (χ1) is 15.1. The number of nitrogens with one attached hydrogen (secondary N) is 1. The number of aromatic nitrogens is 4. The van der Waals surface area contributed by atoms with Crippen LogP contribution in [0.3, 0.4) is 0 Å². The van der Waals surface area contributed by atoms with Gasteiger partial charge in [0.15, 0.2) is 5.69 Å². The summed E-state index contributed by atoms with van der Waals surface area (Å²) in [6, 6.07) is 13.7. The minimum atomic E-state index is -0.395. The van der Waals surface area contributed by atoms with Crippen LogP contribution in [-0.4, -0.2) is 38.3 Å². The first-order valence-electron chi connectivity index (χ1n) is 10.2. The Bertz CT molecular complexity index is 1260. The molecule has 1 saturated heterocycles. The highest BCUT2D eigenvalue weighted by Crippen LogP contribution is 2.30. The molecule has 1 fully saturated rings. The normalized spacial score (nSPS) is 13.7. The quantitative estimate of drug-likeness (QED) is 0.509. The fourth-order valence-electron chi connectivity index (χ4n) is 3.87. The second-order valence-corrected chi connectivity index (χ2v) is 7.98. The predicted octanol–water partition coefficient (Wildman–Crippen LogP) is 4.61. The molecule has 0 radical (unpaired) electrons. The van der Waals surface area contributed by atoms with Gasteiger partial charge in [0.2, 0.25) is 5.95 Å². The van der Waals surface area contributed by atoms with Crippen LogP contribution < -0.4 is 10.2 Å². The van der Waals surface area contributed by atoms with Crippen molar-refractivity contribution < 1.29 is 4.79 Å². The smallest absolute Gasteiger partial charge is 0.277 e. The lowest BCUT2D eigenvalue weighted by Crippen LogP contribution is -2.23. The highest BCUT2D eigenvalue weighted by Gasteiger charge is 2.23. The molecule has 1 amide bonds. The third-order valence-electron chi connectivity index (χ3n) is 5.46. The SMILES string of the molecule is Cc1cccn2c(NC(=O)c3nc(N4CCCC4)ncc3Cl)c(-c3ccccc3)nc12. The van der Waals surface area contributed by atoms with E-state index in [9.17, 15) is 4.79 Å². The number of carbonyl (C=O) groups excluding carboxylic acids is 1. The van der Waals surface area contributed by atoms with Gasteiger partial charge in [0, 0.05) is 24.8 Å². The van der Waals surface area contributed by atoms with Crippen LogP contribution in [0.1, 0.15) is 28.9 Å². The number of fused-ring (bicyclic) bond motifs is 1. The van der Waals surface area contributed by atoms with Crippen LogP contribution in [-0.2, 0) is 0 Å². The molecule has 0 aliphatic carbocycles. The number of pyridine rings is 1. The summed E-state index contributed by atoms with van der Waals surface area (Å²) in [5.74, 6) is 0.713. The molecule has 1 aliphatic rings. The van der Waals surface area contributed by atoms with Gasteiger partial charge in [-0.25, -0.2) is 15.0 Å². The van der Waals surface area contributed by atoms with Crippen LogP contribution in [0.25, 0.3) is 16.9 Å². The highest BCUT2D eigenvalue weighted by atomic mass is 35.5. The molecule has 0 bridgehead atoms. The van der Waals surface area contributed by atoms with Gasteiger partial charge in [0.1, 0.15) is 17.2 Å². The van der Waals surface area contributed by atoms with Crippen LogP contribution in [0.5, 0.6) is 0 Å². The van der Waals surface area contributed by atoms with Crippen LogP contribution in [0.15, 0.2) is 54.9 Å². The molecule has 1 aromatic carbocycles. The predicted molar refractivity (Wildman–Crippen MR) is 122 cm³/mol. The molecule has 0 spiro atoms. The second-order valence-electron chi connectivity index (χ2n) is 7.57. The zero-order valence-corrected chi connectivity index (χ0v) is 17.8. The monoisotopic (exact) mass is 432 g/mol. The molecule has 7 nitrogen and oxygen atoms in total. The summed E-state index contributed by atoms with van der Waals surface area (Å²) in [6.45, 7) is 3.76. The van der Waals surface area contributed by atoms with Gasteiger partial charge in [-0.2, -0.15) is 0 Å². The minimum absolute atomic E-state index is 0.153. The van der Waals surface area contributed by atoms with E-state index in [2.05, 4.69) is 20.2 Å².